The third kappa shape index (κ3) is 6.18. The van der Waals surface area contributed by atoms with Gasteiger partial charge in [-0.25, -0.2) is 14.2 Å². The summed E-state index contributed by atoms with van der Waals surface area (Å²) in [6.45, 7) is 3.77. The van der Waals surface area contributed by atoms with Crippen molar-refractivity contribution >= 4 is 29.3 Å². The van der Waals surface area contributed by atoms with Crippen LogP contribution in [0.5, 0.6) is 0 Å². The zero-order valence-corrected chi connectivity index (χ0v) is 21.7. The first kappa shape index (κ1) is 27.4. The molecule has 0 bridgehead atoms. The number of Topliss-reactive ketones (excluding diaryl/α,β-unsaturated/α-hetero) is 1. The number of amides is 2. The Bertz CT molecular complexity index is 1370. The van der Waals surface area contributed by atoms with Gasteiger partial charge in [0.2, 0.25) is 11.5 Å². The molecule has 2 aromatic heterocycles. The Morgan fingerprint density at radius 3 is 2.58 bits per heavy atom. The van der Waals surface area contributed by atoms with E-state index in [4.69, 9.17) is 4.42 Å². The number of carbonyl (C=O) groups excluding carboxylic acids is 2. The minimum atomic E-state index is -4.83. The molecule has 2 N–H and O–H groups in total. The van der Waals surface area contributed by atoms with Crippen LogP contribution in [0.25, 0.3) is 0 Å². The van der Waals surface area contributed by atoms with E-state index in [1.54, 1.807) is 23.1 Å². The molecule has 2 amide bonds. The van der Waals surface area contributed by atoms with E-state index in [2.05, 4.69) is 20.6 Å². The van der Waals surface area contributed by atoms with E-state index in [-0.39, 0.29) is 30.1 Å². The van der Waals surface area contributed by atoms with Gasteiger partial charge in [0, 0.05) is 38.8 Å². The van der Waals surface area contributed by atoms with Crippen molar-refractivity contribution in [1.82, 2.24) is 14.9 Å². The predicted molar refractivity (Wildman–Crippen MR) is 139 cm³/mol. The fourth-order valence-electron chi connectivity index (χ4n) is 4.77. The molecule has 0 saturated carbocycles. The zero-order valence-electron chi connectivity index (χ0n) is 21.7. The Hall–Kier alpha value is -4.16. The van der Waals surface area contributed by atoms with Crippen LogP contribution in [0.15, 0.2) is 47.0 Å². The molecule has 1 unspecified atom stereocenters. The molecule has 0 aliphatic carbocycles. The number of hydrogen-bond acceptors (Lipinski definition) is 7. The van der Waals surface area contributed by atoms with Crippen molar-refractivity contribution in [2.45, 2.75) is 38.4 Å². The van der Waals surface area contributed by atoms with E-state index < -0.39 is 35.3 Å². The number of pyridine rings is 1. The largest absolute Gasteiger partial charge is 0.437 e. The summed E-state index contributed by atoms with van der Waals surface area (Å²) in [7, 11) is 0. The molecular weight excluding hydrogens is 532 g/mol. The number of rotatable bonds is 7. The average Bonchev–Trinajstić information content (AvgIpc) is 3.35. The van der Waals surface area contributed by atoms with Crippen LogP contribution < -0.4 is 15.5 Å². The minimum absolute atomic E-state index is 0.0918. The number of halogens is 4. The molecule has 9 nitrogen and oxygen atoms in total. The fourth-order valence-corrected chi connectivity index (χ4v) is 4.77. The van der Waals surface area contributed by atoms with Gasteiger partial charge < -0.3 is 24.9 Å². The number of nitrogens with zero attached hydrogens (tertiary/aromatic N) is 4. The summed E-state index contributed by atoms with van der Waals surface area (Å²) >= 11 is 0. The minimum Gasteiger partial charge on any atom is -0.420 e. The molecule has 212 valence electrons. The van der Waals surface area contributed by atoms with Crippen LogP contribution in [0.3, 0.4) is 0 Å². The van der Waals surface area contributed by atoms with Crippen LogP contribution in [0.2, 0.25) is 0 Å². The molecule has 2 saturated heterocycles. The van der Waals surface area contributed by atoms with Gasteiger partial charge in [-0.3, -0.25) is 4.79 Å². The van der Waals surface area contributed by atoms with Crippen LogP contribution >= 0.6 is 0 Å². The number of likely N-dealkylation sites (tertiary alicyclic amines) is 1. The second kappa shape index (κ2) is 11.1. The molecule has 4 heterocycles. The molecule has 40 heavy (non-hydrogen) atoms. The van der Waals surface area contributed by atoms with Gasteiger partial charge in [0.05, 0.1) is 11.7 Å². The van der Waals surface area contributed by atoms with Crippen LogP contribution in [0, 0.1) is 11.7 Å². The van der Waals surface area contributed by atoms with Crippen LogP contribution in [-0.2, 0) is 12.6 Å². The zero-order chi connectivity index (χ0) is 28.4. The molecule has 2 aliphatic rings. The number of para-hydroxylation sites is 1. The standard InChI is InChI=1S/C27H28F4N6O3/c1-16-5-4-10-36(13-16)26-35-24(27(29,30)31)23(40-26)21(38)11-17-8-9-22(32-12-17)33-18-14-37(15-18)25(39)34-20-7-3-2-6-19(20)28/h2-3,6-9,12,16,18H,4-5,10-11,13-15H2,1H3,(H,32,33)(H,34,39). The maximum absolute atomic E-state index is 13.7. The third-order valence-corrected chi connectivity index (χ3v) is 6.89. The maximum Gasteiger partial charge on any atom is 0.437 e. The second-order valence-corrected chi connectivity index (χ2v) is 10.2. The highest BCUT2D eigenvalue weighted by Gasteiger charge is 2.42. The van der Waals surface area contributed by atoms with Crippen LogP contribution in [0.4, 0.5) is 39.9 Å². The highest BCUT2D eigenvalue weighted by Crippen LogP contribution is 2.35. The Morgan fingerprint density at radius 1 is 1.12 bits per heavy atom. The van der Waals surface area contributed by atoms with Gasteiger partial charge in [0.1, 0.15) is 11.6 Å². The molecule has 1 atom stereocenters. The highest BCUT2D eigenvalue weighted by molar-refractivity contribution is 5.96. The summed E-state index contributed by atoms with van der Waals surface area (Å²) in [4.78, 5) is 36.2. The number of ketones is 1. The Balaban J connectivity index is 1.16. The number of anilines is 3. The lowest BCUT2D eigenvalue weighted by Gasteiger charge is -2.39. The summed E-state index contributed by atoms with van der Waals surface area (Å²) < 4.78 is 60.1. The summed E-state index contributed by atoms with van der Waals surface area (Å²) in [6, 6.07) is 8.38. The molecule has 5 rings (SSSR count). The maximum atomic E-state index is 13.7. The van der Waals surface area contributed by atoms with Crippen LogP contribution in [0.1, 0.15) is 41.6 Å². The van der Waals surface area contributed by atoms with Gasteiger partial charge >= 0.3 is 12.2 Å². The lowest BCUT2D eigenvalue weighted by Crippen LogP contribution is -2.58. The number of benzene rings is 1. The number of carbonyl (C=O) groups is 2. The first-order chi connectivity index (χ1) is 19.1. The number of alkyl halides is 3. The topological polar surface area (TPSA) is 104 Å². The normalized spacial score (nSPS) is 17.9. The van der Waals surface area contributed by atoms with E-state index in [9.17, 15) is 27.2 Å². The molecule has 0 radical (unpaired) electrons. The van der Waals surface area contributed by atoms with Crippen molar-refractivity contribution in [3.05, 3.63) is 65.4 Å². The monoisotopic (exact) mass is 560 g/mol. The SMILES string of the molecule is CC1CCCN(c2nc(C(F)(F)F)c(C(=O)Cc3ccc(NC4CN(C(=O)Nc5ccccc5F)C4)nc3)o2)C1. The number of urea groups is 1. The van der Waals surface area contributed by atoms with E-state index in [1.165, 1.54) is 29.3 Å². The Labute approximate surface area is 227 Å². The number of piperidine rings is 1. The Kier molecular flexibility index (Phi) is 7.63. The first-order valence-corrected chi connectivity index (χ1v) is 12.9. The smallest absolute Gasteiger partial charge is 0.420 e. The van der Waals surface area contributed by atoms with E-state index >= 15 is 0 Å². The lowest BCUT2D eigenvalue weighted by molar-refractivity contribution is -0.141. The summed E-state index contributed by atoms with van der Waals surface area (Å²) in [5.74, 6) is -1.40. The van der Waals surface area contributed by atoms with Crippen molar-refractivity contribution < 1.29 is 31.6 Å². The molecule has 3 aromatic rings. The molecule has 13 heteroatoms. The lowest BCUT2D eigenvalue weighted by atomic mass is 10.0. The van der Waals surface area contributed by atoms with Crippen molar-refractivity contribution in [3.63, 3.8) is 0 Å². The quantitative estimate of drug-likeness (QED) is 0.302. The third-order valence-electron chi connectivity index (χ3n) is 6.89. The van der Waals surface area contributed by atoms with Gasteiger partial charge in [0.25, 0.3) is 6.01 Å². The number of aromatic nitrogens is 2. The molecular formula is C27H28F4N6O3. The summed E-state index contributed by atoms with van der Waals surface area (Å²) in [6.07, 6.45) is -1.99. The molecule has 1 aromatic carbocycles. The molecule has 0 spiro atoms. The van der Waals surface area contributed by atoms with E-state index in [0.717, 1.165) is 12.8 Å². The summed E-state index contributed by atoms with van der Waals surface area (Å²) in [5.41, 5.74) is -0.806. The van der Waals surface area contributed by atoms with Crippen LogP contribution in [-0.4, -0.2) is 58.9 Å². The first-order valence-electron chi connectivity index (χ1n) is 12.9. The number of oxazole rings is 1. The van der Waals surface area contributed by atoms with Gasteiger partial charge in [-0.15, -0.1) is 0 Å². The van der Waals surface area contributed by atoms with Gasteiger partial charge in [-0.2, -0.15) is 18.2 Å². The van der Waals surface area contributed by atoms with Gasteiger partial charge in [-0.1, -0.05) is 25.1 Å². The summed E-state index contributed by atoms with van der Waals surface area (Å²) in [5, 5.41) is 5.67. The molecule has 2 aliphatic heterocycles. The fraction of sp³-hybridized carbons (Fsp3) is 0.407. The van der Waals surface area contributed by atoms with Gasteiger partial charge in [0.15, 0.2) is 5.69 Å². The molecule has 2 fully saturated rings. The van der Waals surface area contributed by atoms with E-state index in [1.807, 2.05) is 6.92 Å². The van der Waals surface area contributed by atoms with Crippen molar-refractivity contribution in [2.24, 2.45) is 5.92 Å². The number of nitrogens with one attached hydrogen (secondary N) is 2. The number of hydrogen-bond donors (Lipinski definition) is 2. The van der Waals surface area contributed by atoms with E-state index in [0.29, 0.717) is 37.6 Å². The van der Waals surface area contributed by atoms with Crippen molar-refractivity contribution in [2.75, 3.05) is 41.7 Å². The average molecular weight is 561 g/mol. The van der Waals surface area contributed by atoms with Crippen molar-refractivity contribution in [1.29, 1.82) is 0 Å². The Morgan fingerprint density at radius 2 is 1.90 bits per heavy atom. The van der Waals surface area contributed by atoms with Crippen molar-refractivity contribution in [3.8, 4) is 0 Å². The predicted octanol–water partition coefficient (Wildman–Crippen LogP) is 5.22. The second-order valence-electron chi connectivity index (χ2n) is 10.2. The van der Waals surface area contributed by atoms with Gasteiger partial charge in [-0.05, 0) is 42.5 Å². The highest BCUT2D eigenvalue weighted by atomic mass is 19.4.